The minimum Gasteiger partial charge on any atom is -0.550 e. The molecular formula is C15H28N2O2. The van der Waals surface area contributed by atoms with Gasteiger partial charge in [-0.15, -0.1) is 0 Å². The number of nitrogens with one attached hydrogen (secondary N) is 1. The lowest BCUT2D eigenvalue weighted by molar-refractivity contribution is -0.677. The molecular weight excluding hydrogens is 240 g/mol. The Morgan fingerprint density at radius 1 is 1.21 bits per heavy atom. The van der Waals surface area contributed by atoms with Crippen LogP contribution in [0.25, 0.3) is 0 Å². The SMILES string of the molecule is CCCCCCCCC(=O)[O-].CCc1[nH]cc[n+]1C. The van der Waals surface area contributed by atoms with Gasteiger partial charge in [0, 0.05) is 12.4 Å². The first-order valence-corrected chi connectivity index (χ1v) is 7.33. The van der Waals surface area contributed by atoms with Crippen molar-refractivity contribution in [1.29, 1.82) is 0 Å². The van der Waals surface area contributed by atoms with E-state index in [1.54, 1.807) is 0 Å². The van der Waals surface area contributed by atoms with Gasteiger partial charge in [-0.25, -0.2) is 9.55 Å². The van der Waals surface area contributed by atoms with Gasteiger partial charge in [0.15, 0.2) is 0 Å². The number of nitrogens with zero attached hydrogens (tertiary/aromatic N) is 1. The van der Waals surface area contributed by atoms with Crippen molar-refractivity contribution in [1.82, 2.24) is 4.98 Å². The highest BCUT2D eigenvalue weighted by Gasteiger charge is 1.99. The first-order chi connectivity index (χ1) is 9.11. The third-order valence-electron chi connectivity index (χ3n) is 3.04. The van der Waals surface area contributed by atoms with Crippen LogP contribution in [-0.4, -0.2) is 11.0 Å². The number of unbranched alkanes of at least 4 members (excludes halogenated alkanes) is 5. The Morgan fingerprint density at radius 3 is 2.26 bits per heavy atom. The molecule has 0 aliphatic rings. The number of H-pyrrole nitrogens is 1. The third-order valence-corrected chi connectivity index (χ3v) is 3.04. The van der Waals surface area contributed by atoms with Gasteiger partial charge in [-0.3, -0.25) is 0 Å². The maximum Gasteiger partial charge on any atom is 0.253 e. The third kappa shape index (κ3) is 10.3. The first kappa shape index (κ1) is 17.7. The number of carboxylic acid groups (broad SMARTS) is 1. The summed E-state index contributed by atoms with van der Waals surface area (Å²) in [4.78, 5) is 13.1. The molecule has 0 saturated carbocycles. The van der Waals surface area contributed by atoms with Crippen LogP contribution < -0.4 is 9.67 Å². The van der Waals surface area contributed by atoms with E-state index in [4.69, 9.17) is 0 Å². The number of carbonyl (C=O) groups is 1. The van der Waals surface area contributed by atoms with E-state index in [1.165, 1.54) is 31.5 Å². The number of aryl methyl sites for hydroxylation is 2. The molecule has 0 aromatic carbocycles. The van der Waals surface area contributed by atoms with Crippen LogP contribution in [0.15, 0.2) is 12.4 Å². The zero-order valence-corrected chi connectivity index (χ0v) is 12.6. The molecule has 0 aliphatic carbocycles. The fourth-order valence-electron chi connectivity index (χ4n) is 1.84. The number of aromatic amines is 1. The average molecular weight is 268 g/mol. The Balaban J connectivity index is 0.000000356. The van der Waals surface area contributed by atoms with Gasteiger partial charge in [-0.05, 0) is 12.8 Å². The summed E-state index contributed by atoms with van der Waals surface area (Å²) in [5, 5.41) is 9.98. The van der Waals surface area contributed by atoms with Gasteiger partial charge >= 0.3 is 0 Å². The van der Waals surface area contributed by atoms with Gasteiger partial charge in [-0.2, -0.15) is 0 Å². The summed E-state index contributed by atoms with van der Waals surface area (Å²) in [6, 6.07) is 0. The van der Waals surface area contributed by atoms with Gasteiger partial charge in [0.2, 0.25) is 0 Å². The van der Waals surface area contributed by atoms with Crippen molar-refractivity contribution in [3.8, 4) is 0 Å². The summed E-state index contributed by atoms with van der Waals surface area (Å²) in [6.45, 7) is 4.30. The minimum atomic E-state index is -0.916. The Labute approximate surface area is 116 Å². The van der Waals surface area contributed by atoms with E-state index in [-0.39, 0.29) is 6.42 Å². The van der Waals surface area contributed by atoms with E-state index in [0.717, 1.165) is 19.3 Å². The molecule has 4 heteroatoms. The molecule has 1 aromatic heterocycles. The zero-order valence-electron chi connectivity index (χ0n) is 12.6. The van der Waals surface area contributed by atoms with Crippen LogP contribution in [0.1, 0.15) is 64.6 Å². The molecule has 19 heavy (non-hydrogen) atoms. The number of carboxylic acids is 1. The molecule has 1 aromatic rings. The molecule has 0 saturated heterocycles. The number of carbonyl (C=O) groups excluding carboxylic acids is 1. The summed E-state index contributed by atoms with van der Waals surface area (Å²) in [5.74, 6) is 0.352. The van der Waals surface area contributed by atoms with Crippen LogP contribution in [-0.2, 0) is 18.3 Å². The molecule has 0 aliphatic heterocycles. The van der Waals surface area contributed by atoms with Crippen molar-refractivity contribution in [3.63, 3.8) is 0 Å². The number of aliphatic carboxylic acids is 1. The molecule has 1 N–H and O–H groups in total. The zero-order chi connectivity index (χ0) is 14.5. The number of imidazole rings is 1. The summed E-state index contributed by atoms with van der Waals surface area (Å²) < 4.78 is 2.08. The smallest absolute Gasteiger partial charge is 0.253 e. The van der Waals surface area contributed by atoms with E-state index in [2.05, 4.69) is 23.4 Å². The van der Waals surface area contributed by atoms with E-state index in [9.17, 15) is 9.90 Å². The van der Waals surface area contributed by atoms with Crippen LogP contribution in [0, 0.1) is 0 Å². The predicted octanol–water partition coefficient (Wildman–Crippen LogP) is 1.89. The minimum absolute atomic E-state index is 0.228. The Morgan fingerprint density at radius 2 is 1.84 bits per heavy atom. The van der Waals surface area contributed by atoms with Crippen LogP contribution >= 0.6 is 0 Å². The van der Waals surface area contributed by atoms with Crippen molar-refractivity contribution in [2.24, 2.45) is 7.05 Å². The van der Waals surface area contributed by atoms with Gasteiger partial charge in [-0.1, -0.05) is 46.0 Å². The summed E-state index contributed by atoms with van der Waals surface area (Å²) in [6.07, 6.45) is 12.0. The second-order valence-electron chi connectivity index (χ2n) is 4.76. The highest BCUT2D eigenvalue weighted by atomic mass is 16.4. The Kier molecular flexibility index (Phi) is 10.9. The number of aromatic nitrogens is 2. The summed E-state index contributed by atoms with van der Waals surface area (Å²) >= 11 is 0. The number of rotatable bonds is 8. The maximum absolute atomic E-state index is 9.98. The van der Waals surface area contributed by atoms with E-state index in [0.29, 0.717) is 0 Å². The molecule has 0 amide bonds. The lowest BCUT2D eigenvalue weighted by atomic mass is 10.1. The summed E-state index contributed by atoms with van der Waals surface area (Å²) in [5.41, 5.74) is 0. The fourth-order valence-corrected chi connectivity index (χ4v) is 1.84. The van der Waals surface area contributed by atoms with Gasteiger partial charge in [0.05, 0.1) is 7.05 Å². The van der Waals surface area contributed by atoms with Crippen molar-refractivity contribution in [2.45, 2.75) is 65.2 Å². The largest absolute Gasteiger partial charge is 0.550 e. The first-order valence-electron chi connectivity index (χ1n) is 7.33. The Hall–Kier alpha value is -1.32. The van der Waals surface area contributed by atoms with Crippen molar-refractivity contribution in [3.05, 3.63) is 18.2 Å². The van der Waals surface area contributed by atoms with Crippen molar-refractivity contribution < 1.29 is 14.5 Å². The van der Waals surface area contributed by atoms with Gasteiger partial charge in [0.1, 0.15) is 12.4 Å². The fraction of sp³-hybridized carbons (Fsp3) is 0.733. The average Bonchev–Trinajstić information content (AvgIpc) is 2.79. The highest BCUT2D eigenvalue weighted by Crippen LogP contribution is 2.05. The molecule has 1 heterocycles. The number of hydrogen-bond donors (Lipinski definition) is 1. The quantitative estimate of drug-likeness (QED) is 0.578. The monoisotopic (exact) mass is 268 g/mol. The molecule has 110 valence electrons. The van der Waals surface area contributed by atoms with Crippen LogP contribution in [0.4, 0.5) is 0 Å². The standard InChI is InChI=1S/C9H18O2.C6H10N2/c1-2-3-4-5-6-7-8-9(10)11;1-3-6-7-4-5-8(6)2/h2-8H2,1H3,(H,10,11);4-5H,3H2,1-2H3. The molecule has 0 bridgehead atoms. The van der Waals surface area contributed by atoms with E-state index >= 15 is 0 Å². The molecule has 1 rings (SSSR count). The van der Waals surface area contributed by atoms with Crippen molar-refractivity contribution in [2.75, 3.05) is 0 Å². The van der Waals surface area contributed by atoms with Gasteiger partial charge < -0.3 is 9.90 Å². The van der Waals surface area contributed by atoms with Gasteiger partial charge in [0.25, 0.3) is 5.82 Å². The second-order valence-corrected chi connectivity index (χ2v) is 4.76. The maximum atomic E-state index is 9.98. The molecule has 0 radical (unpaired) electrons. The normalized spacial score (nSPS) is 9.84. The second kappa shape index (κ2) is 11.8. The molecule has 0 unspecified atom stereocenters. The summed E-state index contributed by atoms with van der Waals surface area (Å²) in [7, 11) is 2.04. The molecule has 0 atom stereocenters. The van der Waals surface area contributed by atoms with Crippen LogP contribution in [0.2, 0.25) is 0 Å². The molecule has 0 fully saturated rings. The molecule has 4 nitrogen and oxygen atoms in total. The van der Waals surface area contributed by atoms with Crippen molar-refractivity contribution >= 4 is 5.97 Å². The van der Waals surface area contributed by atoms with Crippen LogP contribution in [0.3, 0.4) is 0 Å². The lowest BCUT2D eigenvalue weighted by Gasteiger charge is -2.00. The highest BCUT2D eigenvalue weighted by molar-refractivity contribution is 5.63. The van der Waals surface area contributed by atoms with E-state index in [1.807, 2.05) is 19.4 Å². The number of hydrogen-bond acceptors (Lipinski definition) is 2. The molecule has 0 spiro atoms. The van der Waals surface area contributed by atoms with E-state index < -0.39 is 5.97 Å². The topological polar surface area (TPSA) is 59.8 Å². The predicted molar refractivity (Wildman–Crippen MR) is 74.3 cm³/mol. The lowest BCUT2D eigenvalue weighted by Crippen LogP contribution is -2.29. The Bertz CT molecular complexity index is 335. The van der Waals surface area contributed by atoms with Crippen LogP contribution in [0.5, 0.6) is 0 Å².